The molecule has 0 spiro atoms. The van der Waals surface area contributed by atoms with Gasteiger partial charge in [-0.25, -0.2) is 0 Å². The summed E-state index contributed by atoms with van der Waals surface area (Å²) in [6, 6.07) is 16.4. The number of ether oxygens (including phenoxy) is 2. The monoisotopic (exact) mass is 368 g/mol. The highest BCUT2D eigenvalue weighted by Gasteiger charge is 2.23. The van der Waals surface area contributed by atoms with Gasteiger partial charge in [-0.2, -0.15) is 0 Å². The number of carbonyl (C=O) groups excluding carboxylic acids is 1. The first-order chi connectivity index (χ1) is 13.1. The molecule has 1 atom stereocenters. The van der Waals surface area contributed by atoms with E-state index in [1.807, 2.05) is 31.2 Å². The molecule has 1 fully saturated rings. The zero-order valence-corrected chi connectivity index (χ0v) is 16.1. The molecular weight excluding hydrogens is 340 g/mol. The largest absolute Gasteiger partial charge is 0.484 e. The summed E-state index contributed by atoms with van der Waals surface area (Å²) in [5.41, 5.74) is 3.61. The van der Waals surface area contributed by atoms with Crippen molar-refractivity contribution in [3.63, 3.8) is 0 Å². The molecule has 144 valence electrons. The SMILES string of the molecule is Cc1ccc(OCC(=O)NC[C@H](c2ccc(C)cc2)N2CCOCC2)cc1. The van der Waals surface area contributed by atoms with E-state index in [4.69, 9.17) is 9.47 Å². The molecule has 1 amide bonds. The predicted molar refractivity (Wildman–Crippen MR) is 106 cm³/mol. The van der Waals surface area contributed by atoms with Crippen molar-refractivity contribution in [2.24, 2.45) is 0 Å². The van der Waals surface area contributed by atoms with E-state index in [1.54, 1.807) is 0 Å². The summed E-state index contributed by atoms with van der Waals surface area (Å²) in [5, 5.41) is 3.03. The predicted octanol–water partition coefficient (Wildman–Crippen LogP) is 2.87. The van der Waals surface area contributed by atoms with Crippen molar-refractivity contribution in [2.45, 2.75) is 19.9 Å². The zero-order valence-electron chi connectivity index (χ0n) is 16.1. The summed E-state index contributed by atoms with van der Waals surface area (Å²) in [6.07, 6.45) is 0. The second-order valence-corrected chi connectivity index (χ2v) is 6.98. The number of rotatable bonds is 7. The third kappa shape index (κ3) is 5.81. The normalized spacial score (nSPS) is 15.9. The number of morpholine rings is 1. The van der Waals surface area contributed by atoms with Crippen molar-refractivity contribution < 1.29 is 14.3 Å². The van der Waals surface area contributed by atoms with Crippen LogP contribution in [0.25, 0.3) is 0 Å². The Labute approximate surface area is 161 Å². The molecule has 1 heterocycles. The highest BCUT2D eigenvalue weighted by Crippen LogP contribution is 2.22. The fourth-order valence-electron chi connectivity index (χ4n) is 3.18. The standard InChI is InChI=1S/C22H28N2O3/c1-17-3-7-19(8-4-17)21(24-11-13-26-14-12-24)15-23-22(25)16-27-20-9-5-18(2)6-10-20/h3-10,21H,11-16H2,1-2H3,(H,23,25)/t21-/m1/s1. The minimum atomic E-state index is -0.110. The smallest absolute Gasteiger partial charge is 0.258 e. The van der Waals surface area contributed by atoms with Crippen LogP contribution in [-0.2, 0) is 9.53 Å². The fourth-order valence-corrected chi connectivity index (χ4v) is 3.18. The molecule has 0 unspecified atom stereocenters. The molecule has 1 saturated heterocycles. The highest BCUT2D eigenvalue weighted by atomic mass is 16.5. The summed E-state index contributed by atoms with van der Waals surface area (Å²) in [4.78, 5) is 14.6. The number of hydrogen-bond acceptors (Lipinski definition) is 4. The second-order valence-electron chi connectivity index (χ2n) is 6.98. The number of amides is 1. The molecule has 1 aliphatic heterocycles. The zero-order chi connectivity index (χ0) is 19.1. The molecule has 1 N–H and O–H groups in total. The van der Waals surface area contributed by atoms with Gasteiger partial charge in [0.1, 0.15) is 5.75 Å². The first-order valence-electron chi connectivity index (χ1n) is 9.46. The maximum atomic E-state index is 12.3. The van der Waals surface area contributed by atoms with E-state index in [0.717, 1.165) is 26.3 Å². The van der Waals surface area contributed by atoms with E-state index in [0.29, 0.717) is 12.3 Å². The topological polar surface area (TPSA) is 50.8 Å². The third-order valence-corrected chi connectivity index (χ3v) is 4.83. The van der Waals surface area contributed by atoms with Crippen LogP contribution in [0.4, 0.5) is 0 Å². The molecule has 0 saturated carbocycles. The van der Waals surface area contributed by atoms with Crippen LogP contribution in [0.15, 0.2) is 48.5 Å². The Balaban J connectivity index is 1.57. The van der Waals surface area contributed by atoms with Gasteiger partial charge in [0.15, 0.2) is 6.61 Å². The van der Waals surface area contributed by atoms with Gasteiger partial charge in [-0.1, -0.05) is 47.5 Å². The van der Waals surface area contributed by atoms with Crippen molar-refractivity contribution in [1.82, 2.24) is 10.2 Å². The Kier molecular flexibility index (Phi) is 6.85. The second kappa shape index (κ2) is 9.53. The van der Waals surface area contributed by atoms with Crippen molar-refractivity contribution >= 4 is 5.91 Å². The minimum Gasteiger partial charge on any atom is -0.484 e. The first-order valence-corrected chi connectivity index (χ1v) is 9.46. The van der Waals surface area contributed by atoms with Crippen LogP contribution in [0.5, 0.6) is 5.75 Å². The molecular formula is C22H28N2O3. The van der Waals surface area contributed by atoms with Gasteiger partial charge in [-0.05, 0) is 31.5 Å². The lowest BCUT2D eigenvalue weighted by atomic mass is 10.0. The Morgan fingerprint density at radius 2 is 1.63 bits per heavy atom. The van der Waals surface area contributed by atoms with Crippen LogP contribution in [0.3, 0.4) is 0 Å². The Hall–Kier alpha value is -2.37. The molecule has 0 bridgehead atoms. The van der Waals surface area contributed by atoms with Crippen LogP contribution in [0.1, 0.15) is 22.7 Å². The lowest BCUT2D eigenvalue weighted by Crippen LogP contribution is -2.44. The molecule has 27 heavy (non-hydrogen) atoms. The number of aryl methyl sites for hydroxylation is 2. The van der Waals surface area contributed by atoms with Gasteiger partial charge < -0.3 is 14.8 Å². The quantitative estimate of drug-likeness (QED) is 0.817. The van der Waals surface area contributed by atoms with Gasteiger partial charge >= 0.3 is 0 Å². The first kappa shape index (κ1) is 19.4. The van der Waals surface area contributed by atoms with E-state index < -0.39 is 0 Å². The highest BCUT2D eigenvalue weighted by molar-refractivity contribution is 5.77. The molecule has 5 nitrogen and oxygen atoms in total. The van der Waals surface area contributed by atoms with Crippen molar-refractivity contribution in [3.8, 4) is 5.75 Å². The van der Waals surface area contributed by atoms with Crippen LogP contribution < -0.4 is 10.1 Å². The van der Waals surface area contributed by atoms with Gasteiger partial charge in [0.05, 0.1) is 19.3 Å². The minimum absolute atomic E-state index is 0.0206. The van der Waals surface area contributed by atoms with E-state index in [9.17, 15) is 4.79 Å². The van der Waals surface area contributed by atoms with Crippen molar-refractivity contribution in [2.75, 3.05) is 39.5 Å². The van der Waals surface area contributed by atoms with Gasteiger partial charge in [0.25, 0.3) is 5.91 Å². The number of carbonyl (C=O) groups is 1. The summed E-state index contributed by atoms with van der Waals surface area (Å²) in [7, 11) is 0. The average molecular weight is 368 g/mol. The Morgan fingerprint density at radius 3 is 2.26 bits per heavy atom. The summed E-state index contributed by atoms with van der Waals surface area (Å²) >= 11 is 0. The van der Waals surface area contributed by atoms with E-state index >= 15 is 0 Å². The Morgan fingerprint density at radius 1 is 1.04 bits per heavy atom. The van der Waals surface area contributed by atoms with Crippen molar-refractivity contribution in [1.29, 1.82) is 0 Å². The summed E-state index contributed by atoms with van der Waals surface area (Å²) in [5.74, 6) is 0.597. The number of nitrogens with one attached hydrogen (secondary N) is 1. The number of nitrogens with zero attached hydrogens (tertiary/aromatic N) is 1. The van der Waals surface area contributed by atoms with Crippen LogP contribution >= 0.6 is 0 Å². The lowest BCUT2D eigenvalue weighted by Gasteiger charge is -2.35. The number of hydrogen-bond donors (Lipinski definition) is 1. The fraction of sp³-hybridized carbons (Fsp3) is 0.409. The van der Waals surface area contributed by atoms with Crippen LogP contribution in [0.2, 0.25) is 0 Å². The molecule has 0 aromatic heterocycles. The third-order valence-electron chi connectivity index (χ3n) is 4.83. The van der Waals surface area contributed by atoms with E-state index in [1.165, 1.54) is 16.7 Å². The van der Waals surface area contributed by atoms with E-state index in [2.05, 4.69) is 41.4 Å². The van der Waals surface area contributed by atoms with Gasteiger partial charge in [-0.15, -0.1) is 0 Å². The maximum absolute atomic E-state index is 12.3. The summed E-state index contributed by atoms with van der Waals surface area (Å²) < 4.78 is 11.1. The van der Waals surface area contributed by atoms with Gasteiger partial charge in [-0.3, -0.25) is 9.69 Å². The number of benzene rings is 2. The molecule has 0 radical (unpaired) electrons. The molecule has 5 heteroatoms. The van der Waals surface area contributed by atoms with Crippen LogP contribution in [-0.4, -0.2) is 50.3 Å². The maximum Gasteiger partial charge on any atom is 0.258 e. The lowest BCUT2D eigenvalue weighted by molar-refractivity contribution is -0.123. The Bertz CT molecular complexity index is 722. The molecule has 3 rings (SSSR count). The molecule has 2 aromatic carbocycles. The summed E-state index contributed by atoms with van der Waals surface area (Å²) in [6.45, 7) is 7.87. The van der Waals surface area contributed by atoms with Crippen LogP contribution in [0, 0.1) is 13.8 Å². The molecule has 1 aliphatic rings. The van der Waals surface area contributed by atoms with Gasteiger partial charge in [0, 0.05) is 19.6 Å². The molecule has 2 aromatic rings. The molecule has 0 aliphatic carbocycles. The average Bonchev–Trinajstić information content (AvgIpc) is 2.70. The van der Waals surface area contributed by atoms with E-state index in [-0.39, 0.29) is 18.6 Å². The van der Waals surface area contributed by atoms with Gasteiger partial charge in [0.2, 0.25) is 0 Å². The van der Waals surface area contributed by atoms with Crippen molar-refractivity contribution in [3.05, 3.63) is 65.2 Å².